The zero-order valence-electron chi connectivity index (χ0n) is 7.09. The molecule has 1 heteroatoms. The molecule has 0 fully saturated rings. The number of nitrogens with one attached hydrogen (secondary N) is 1. The standard InChI is InChI=1S/C11H13N/c12-7-3-5-10-8-9-4-1-2-6-11(9)10/h1-2,4,6-7,10,12H,3,5,8H2. The number of benzene rings is 1. The Labute approximate surface area is 72.9 Å². The van der Waals surface area contributed by atoms with Gasteiger partial charge in [-0.15, -0.1) is 0 Å². The Morgan fingerprint density at radius 3 is 3.00 bits per heavy atom. The lowest BCUT2D eigenvalue weighted by Crippen LogP contribution is -2.16. The molecule has 2 rings (SSSR count). The predicted molar refractivity (Wildman–Crippen MR) is 50.9 cm³/mol. The van der Waals surface area contributed by atoms with E-state index in [1.54, 1.807) is 0 Å². The van der Waals surface area contributed by atoms with Crippen molar-refractivity contribution < 1.29 is 0 Å². The lowest BCUT2D eigenvalue weighted by atomic mass is 9.75. The van der Waals surface area contributed by atoms with E-state index in [0.717, 1.165) is 18.8 Å². The highest BCUT2D eigenvalue weighted by molar-refractivity contribution is 5.53. The van der Waals surface area contributed by atoms with Crippen LogP contribution in [0.25, 0.3) is 0 Å². The van der Waals surface area contributed by atoms with Crippen molar-refractivity contribution in [1.29, 1.82) is 5.41 Å². The lowest BCUT2D eigenvalue weighted by Gasteiger charge is -2.29. The van der Waals surface area contributed by atoms with Crippen LogP contribution in [-0.2, 0) is 6.42 Å². The number of fused-ring (bicyclic) bond motifs is 1. The molecule has 0 radical (unpaired) electrons. The van der Waals surface area contributed by atoms with E-state index in [1.165, 1.54) is 23.8 Å². The van der Waals surface area contributed by atoms with Crippen molar-refractivity contribution in [3.8, 4) is 0 Å². The van der Waals surface area contributed by atoms with Gasteiger partial charge in [0.05, 0.1) is 0 Å². The highest BCUT2D eigenvalue weighted by Crippen LogP contribution is 2.37. The van der Waals surface area contributed by atoms with Gasteiger partial charge in [-0.25, -0.2) is 0 Å². The first-order valence-corrected chi connectivity index (χ1v) is 4.48. The van der Waals surface area contributed by atoms with Gasteiger partial charge >= 0.3 is 0 Å². The first-order chi connectivity index (χ1) is 5.92. The molecular formula is C11H13N. The highest BCUT2D eigenvalue weighted by Gasteiger charge is 2.23. The smallest absolute Gasteiger partial charge is 0.00475 e. The summed E-state index contributed by atoms with van der Waals surface area (Å²) in [7, 11) is 0. The number of rotatable bonds is 3. The minimum Gasteiger partial charge on any atom is -0.313 e. The second kappa shape index (κ2) is 3.10. The van der Waals surface area contributed by atoms with E-state index in [9.17, 15) is 0 Å². The van der Waals surface area contributed by atoms with Crippen LogP contribution in [0.3, 0.4) is 0 Å². The van der Waals surface area contributed by atoms with E-state index in [-0.39, 0.29) is 0 Å². The quantitative estimate of drug-likeness (QED) is 0.656. The fourth-order valence-corrected chi connectivity index (χ4v) is 1.90. The summed E-state index contributed by atoms with van der Waals surface area (Å²) in [5.74, 6) is 0.739. The predicted octanol–water partition coefficient (Wildman–Crippen LogP) is 2.76. The maximum absolute atomic E-state index is 6.95. The van der Waals surface area contributed by atoms with Crippen LogP contribution < -0.4 is 0 Å². The molecule has 0 spiro atoms. The third-order valence-electron chi connectivity index (χ3n) is 2.62. The van der Waals surface area contributed by atoms with Gasteiger partial charge in [0.15, 0.2) is 0 Å². The average Bonchev–Trinajstić information content (AvgIpc) is 2.07. The van der Waals surface area contributed by atoms with Crippen LogP contribution in [0.2, 0.25) is 0 Å². The van der Waals surface area contributed by atoms with Crippen LogP contribution in [0.1, 0.15) is 29.9 Å². The Morgan fingerprint density at radius 2 is 2.25 bits per heavy atom. The summed E-state index contributed by atoms with van der Waals surface area (Å²) in [6.45, 7) is 0. The van der Waals surface area contributed by atoms with Crippen LogP contribution in [0.5, 0.6) is 0 Å². The van der Waals surface area contributed by atoms with Gasteiger partial charge in [-0.05, 0) is 42.5 Å². The van der Waals surface area contributed by atoms with Gasteiger partial charge in [0.1, 0.15) is 0 Å². The molecule has 0 heterocycles. The summed E-state index contributed by atoms with van der Waals surface area (Å²) in [6, 6.07) is 8.63. The van der Waals surface area contributed by atoms with Gasteiger partial charge in [0.25, 0.3) is 0 Å². The molecular weight excluding hydrogens is 146 g/mol. The van der Waals surface area contributed by atoms with Gasteiger partial charge in [-0.3, -0.25) is 0 Å². The first kappa shape index (κ1) is 7.53. The molecule has 1 aromatic carbocycles. The fraction of sp³-hybridized carbons (Fsp3) is 0.364. The van der Waals surface area contributed by atoms with Crippen LogP contribution in [0.15, 0.2) is 24.3 Å². The zero-order valence-corrected chi connectivity index (χ0v) is 7.09. The largest absolute Gasteiger partial charge is 0.313 e. The molecule has 0 amide bonds. The maximum atomic E-state index is 6.95. The molecule has 0 saturated heterocycles. The zero-order chi connectivity index (χ0) is 8.39. The Kier molecular flexibility index (Phi) is 1.94. The minimum atomic E-state index is 0.739. The molecule has 1 aliphatic carbocycles. The minimum absolute atomic E-state index is 0.739. The molecule has 62 valence electrons. The molecule has 1 unspecified atom stereocenters. The summed E-state index contributed by atoms with van der Waals surface area (Å²) in [4.78, 5) is 0. The van der Waals surface area contributed by atoms with Crippen molar-refractivity contribution in [3.05, 3.63) is 35.4 Å². The summed E-state index contributed by atoms with van der Waals surface area (Å²) < 4.78 is 0. The summed E-state index contributed by atoms with van der Waals surface area (Å²) in [5, 5.41) is 6.95. The maximum Gasteiger partial charge on any atom is -0.00475 e. The lowest BCUT2D eigenvalue weighted by molar-refractivity contribution is 0.574. The SMILES string of the molecule is N=CCCC1Cc2ccccc21. The molecule has 1 atom stereocenters. The summed E-state index contributed by atoms with van der Waals surface area (Å²) in [5.41, 5.74) is 3.02. The molecule has 1 aliphatic rings. The molecule has 12 heavy (non-hydrogen) atoms. The second-order valence-corrected chi connectivity index (χ2v) is 3.38. The topological polar surface area (TPSA) is 23.9 Å². The summed E-state index contributed by atoms with van der Waals surface area (Å²) >= 11 is 0. The van der Waals surface area contributed by atoms with Crippen LogP contribution in [0, 0.1) is 5.41 Å². The molecule has 0 saturated carbocycles. The van der Waals surface area contributed by atoms with Crippen molar-refractivity contribution in [2.45, 2.75) is 25.2 Å². The van der Waals surface area contributed by atoms with Gasteiger partial charge < -0.3 is 5.41 Å². The summed E-state index contributed by atoms with van der Waals surface area (Å²) in [6.07, 6.45) is 4.82. The van der Waals surface area contributed by atoms with Crippen molar-refractivity contribution in [3.63, 3.8) is 0 Å². The Balaban J connectivity index is 2.05. The van der Waals surface area contributed by atoms with E-state index in [1.807, 2.05) is 0 Å². The van der Waals surface area contributed by atoms with Gasteiger partial charge in [-0.1, -0.05) is 24.3 Å². The van der Waals surface area contributed by atoms with Crippen LogP contribution >= 0.6 is 0 Å². The highest BCUT2D eigenvalue weighted by atomic mass is 14.3. The Morgan fingerprint density at radius 1 is 1.42 bits per heavy atom. The third-order valence-corrected chi connectivity index (χ3v) is 2.62. The van der Waals surface area contributed by atoms with Gasteiger partial charge in [0, 0.05) is 0 Å². The molecule has 0 aliphatic heterocycles. The Bertz CT molecular complexity index is 291. The van der Waals surface area contributed by atoms with Crippen molar-refractivity contribution in [2.24, 2.45) is 0 Å². The van der Waals surface area contributed by atoms with Crippen molar-refractivity contribution in [1.82, 2.24) is 0 Å². The number of hydrogen-bond acceptors (Lipinski definition) is 1. The fourth-order valence-electron chi connectivity index (χ4n) is 1.90. The normalized spacial score (nSPS) is 19.5. The van der Waals surface area contributed by atoms with Crippen LogP contribution in [0.4, 0.5) is 0 Å². The van der Waals surface area contributed by atoms with Crippen molar-refractivity contribution >= 4 is 6.21 Å². The molecule has 0 aromatic heterocycles. The van der Waals surface area contributed by atoms with E-state index in [0.29, 0.717) is 0 Å². The average molecular weight is 159 g/mol. The first-order valence-electron chi connectivity index (χ1n) is 4.48. The van der Waals surface area contributed by atoms with E-state index in [2.05, 4.69) is 24.3 Å². The monoisotopic (exact) mass is 159 g/mol. The van der Waals surface area contributed by atoms with E-state index in [4.69, 9.17) is 5.41 Å². The third kappa shape index (κ3) is 1.15. The molecule has 1 aromatic rings. The molecule has 1 N–H and O–H groups in total. The van der Waals surface area contributed by atoms with Gasteiger partial charge in [0.2, 0.25) is 0 Å². The number of hydrogen-bond donors (Lipinski definition) is 1. The van der Waals surface area contributed by atoms with E-state index >= 15 is 0 Å². The van der Waals surface area contributed by atoms with Crippen LogP contribution in [-0.4, -0.2) is 6.21 Å². The Hall–Kier alpha value is -1.11. The van der Waals surface area contributed by atoms with Gasteiger partial charge in [-0.2, -0.15) is 0 Å². The van der Waals surface area contributed by atoms with E-state index < -0.39 is 0 Å². The molecule has 1 nitrogen and oxygen atoms in total. The molecule has 0 bridgehead atoms. The second-order valence-electron chi connectivity index (χ2n) is 3.38. The van der Waals surface area contributed by atoms with Crippen molar-refractivity contribution in [2.75, 3.05) is 0 Å².